The summed E-state index contributed by atoms with van der Waals surface area (Å²) in [5.74, 6) is -0.271. The molecule has 0 radical (unpaired) electrons. The lowest BCUT2D eigenvalue weighted by Gasteiger charge is -2.08. The normalized spacial score (nSPS) is 10.0. The van der Waals surface area contributed by atoms with Crippen LogP contribution in [0.3, 0.4) is 0 Å². The maximum atomic E-state index is 11.7. The summed E-state index contributed by atoms with van der Waals surface area (Å²) in [5, 5.41) is 2.71. The Morgan fingerprint density at radius 3 is 2.74 bits per heavy atom. The average molecular weight is 282 g/mol. The Labute approximate surface area is 116 Å². The fourth-order valence-electron chi connectivity index (χ4n) is 1.40. The second-order valence-electron chi connectivity index (χ2n) is 3.71. The van der Waals surface area contributed by atoms with E-state index in [2.05, 4.69) is 5.32 Å². The van der Waals surface area contributed by atoms with Gasteiger partial charge in [-0.2, -0.15) is 0 Å². The molecule has 19 heavy (non-hydrogen) atoms. The number of hydrogen-bond donors (Lipinski definition) is 2. The van der Waals surface area contributed by atoms with E-state index in [1.54, 1.807) is 25.1 Å². The van der Waals surface area contributed by atoms with Gasteiger partial charge in [-0.1, -0.05) is 0 Å². The van der Waals surface area contributed by atoms with Crippen molar-refractivity contribution in [3.63, 3.8) is 0 Å². The van der Waals surface area contributed by atoms with Crippen LogP contribution in [0.5, 0.6) is 0 Å². The Kier molecular flexibility index (Phi) is 6.21. The van der Waals surface area contributed by atoms with Crippen LogP contribution in [0.15, 0.2) is 23.1 Å². The van der Waals surface area contributed by atoms with Gasteiger partial charge >= 0.3 is 5.97 Å². The van der Waals surface area contributed by atoms with Gasteiger partial charge in [0.25, 0.3) is 5.91 Å². The van der Waals surface area contributed by atoms with Crippen molar-refractivity contribution in [3.8, 4) is 0 Å². The third-order valence-electron chi connectivity index (χ3n) is 2.26. The van der Waals surface area contributed by atoms with Crippen molar-refractivity contribution in [2.24, 2.45) is 0 Å². The predicted molar refractivity (Wildman–Crippen MR) is 76.2 cm³/mol. The minimum Gasteiger partial charge on any atom is -0.465 e. The molecule has 1 aromatic carbocycles. The second kappa shape index (κ2) is 7.68. The van der Waals surface area contributed by atoms with Crippen LogP contribution in [0.2, 0.25) is 0 Å². The van der Waals surface area contributed by atoms with E-state index in [1.807, 2.05) is 6.92 Å². The lowest BCUT2D eigenvalue weighted by Crippen LogP contribution is -2.22. The van der Waals surface area contributed by atoms with Crippen molar-refractivity contribution in [2.75, 3.05) is 24.6 Å². The highest BCUT2D eigenvalue weighted by Gasteiger charge is 2.10. The van der Waals surface area contributed by atoms with Gasteiger partial charge in [0.15, 0.2) is 0 Å². The summed E-state index contributed by atoms with van der Waals surface area (Å²) >= 11 is 1.27. The standard InChI is InChI=1S/C13H18N2O3S/c1-3-15-13(17)9-5-6-10(14)11(7-9)19-8-12(16)18-4-2/h5-7H,3-4,8,14H2,1-2H3,(H,15,17). The first kappa shape index (κ1) is 15.4. The smallest absolute Gasteiger partial charge is 0.316 e. The number of rotatable bonds is 6. The molecule has 0 heterocycles. The van der Waals surface area contributed by atoms with Crippen LogP contribution in [0.25, 0.3) is 0 Å². The van der Waals surface area contributed by atoms with Crippen LogP contribution in [0.4, 0.5) is 5.69 Å². The van der Waals surface area contributed by atoms with Gasteiger partial charge in [0, 0.05) is 22.7 Å². The average Bonchev–Trinajstić information content (AvgIpc) is 2.38. The van der Waals surface area contributed by atoms with Crippen molar-refractivity contribution in [2.45, 2.75) is 18.7 Å². The summed E-state index contributed by atoms with van der Waals surface area (Å²) in [5.41, 5.74) is 6.89. The first-order chi connectivity index (χ1) is 9.08. The molecule has 1 amide bonds. The highest BCUT2D eigenvalue weighted by Crippen LogP contribution is 2.26. The number of anilines is 1. The van der Waals surface area contributed by atoms with Crippen molar-refractivity contribution in [1.82, 2.24) is 5.32 Å². The van der Waals surface area contributed by atoms with E-state index in [9.17, 15) is 9.59 Å². The Balaban J connectivity index is 2.74. The van der Waals surface area contributed by atoms with E-state index in [0.717, 1.165) is 0 Å². The monoisotopic (exact) mass is 282 g/mol. The molecular weight excluding hydrogens is 264 g/mol. The largest absolute Gasteiger partial charge is 0.465 e. The predicted octanol–water partition coefficient (Wildman–Crippen LogP) is 1.67. The van der Waals surface area contributed by atoms with Gasteiger partial charge in [-0.3, -0.25) is 9.59 Å². The fourth-order valence-corrected chi connectivity index (χ4v) is 2.20. The molecule has 0 spiro atoms. The number of hydrogen-bond acceptors (Lipinski definition) is 5. The highest BCUT2D eigenvalue weighted by molar-refractivity contribution is 8.00. The maximum Gasteiger partial charge on any atom is 0.316 e. The van der Waals surface area contributed by atoms with Gasteiger partial charge in [0.05, 0.1) is 12.4 Å². The van der Waals surface area contributed by atoms with Gasteiger partial charge in [-0.15, -0.1) is 11.8 Å². The zero-order valence-electron chi connectivity index (χ0n) is 11.1. The number of carbonyl (C=O) groups excluding carboxylic acids is 2. The van der Waals surface area contributed by atoms with E-state index < -0.39 is 0 Å². The lowest BCUT2D eigenvalue weighted by atomic mass is 10.2. The summed E-state index contributed by atoms with van der Waals surface area (Å²) in [7, 11) is 0. The Bertz CT molecular complexity index is 463. The number of amides is 1. The Morgan fingerprint density at radius 1 is 1.37 bits per heavy atom. The number of nitrogen functional groups attached to an aromatic ring is 1. The Morgan fingerprint density at radius 2 is 2.11 bits per heavy atom. The number of thioether (sulfide) groups is 1. The number of ether oxygens (including phenoxy) is 1. The minimum atomic E-state index is -0.296. The van der Waals surface area contributed by atoms with Crippen LogP contribution in [-0.4, -0.2) is 30.8 Å². The van der Waals surface area contributed by atoms with Crippen molar-refractivity contribution in [3.05, 3.63) is 23.8 Å². The molecule has 0 fully saturated rings. The summed E-state index contributed by atoms with van der Waals surface area (Å²) in [6.45, 7) is 4.53. The van der Waals surface area contributed by atoms with E-state index in [1.165, 1.54) is 11.8 Å². The molecule has 0 aliphatic heterocycles. The van der Waals surface area contributed by atoms with E-state index >= 15 is 0 Å². The van der Waals surface area contributed by atoms with Gasteiger partial charge < -0.3 is 15.8 Å². The van der Waals surface area contributed by atoms with Crippen LogP contribution in [0.1, 0.15) is 24.2 Å². The van der Waals surface area contributed by atoms with Crippen LogP contribution < -0.4 is 11.1 Å². The van der Waals surface area contributed by atoms with Crippen LogP contribution in [0, 0.1) is 0 Å². The number of nitrogens with two attached hydrogens (primary N) is 1. The zero-order valence-corrected chi connectivity index (χ0v) is 11.9. The third-order valence-corrected chi connectivity index (χ3v) is 3.31. The molecule has 1 rings (SSSR count). The topological polar surface area (TPSA) is 81.4 Å². The molecule has 6 heteroatoms. The van der Waals surface area contributed by atoms with E-state index in [0.29, 0.717) is 29.3 Å². The molecular formula is C13H18N2O3S. The third kappa shape index (κ3) is 4.82. The highest BCUT2D eigenvalue weighted by atomic mass is 32.2. The summed E-state index contributed by atoms with van der Waals surface area (Å²) in [4.78, 5) is 23.7. The summed E-state index contributed by atoms with van der Waals surface area (Å²) < 4.78 is 4.84. The molecule has 0 bridgehead atoms. The molecule has 0 aromatic heterocycles. The number of benzene rings is 1. The molecule has 0 saturated carbocycles. The summed E-state index contributed by atoms with van der Waals surface area (Å²) in [6, 6.07) is 5.01. The molecule has 5 nitrogen and oxygen atoms in total. The molecule has 1 aromatic rings. The number of esters is 1. The SMILES string of the molecule is CCNC(=O)c1ccc(N)c(SCC(=O)OCC)c1. The first-order valence-electron chi connectivity index (χ1n) is 6.04. The van der Waals surface area contributed by atoms with Gasteiger partial charge in [-0.05, 0) is 32.0 Å². The molecule has 3 N–H and O–H groups in total. The molecule has 0 atom stereocenters. The number of nitrogens with one attached hydrogen (secondary N) is 1. The van der Waals surface area contributed by atoms with Gasteiger partial charge in [0.2, 0.25) is 0 Å². The molecule has 104 valence electrons. The first-order valence-corrected chi connectivity index (χ1v) is 7.03. The van der Waals surface area contributed by atoms with Crippen LogP contribution >= 0.6 is 11.8 Å². The number of carbonyl (C=O) groups is 2. The molecule has 0 saturated heterocycles. The molecule has 0 aliphatic rings. The minimum absolute atomic E-state index is 0.152. The quantitative estimate of drug-likeness (QED) is 0.471. The lowest BCUT2D eigenvalue weighted by molar-refractivity contribution is -0.139. The van der Waals surface area contributed by atoms with Crippen molar-refractivity contribution in [1.29, 1.82) is 0 Å². The van der Waals surface area contributed by atoms with E-state index in [4.69, 9.17) is 10.5 Å². The van der Waals surface area contributed by atoms with Crippen molar-refractivity contribution < 1.29 is 14.3 Å². The summed E-state index contributed by atoms with van der Waals surface area (Å²) in [6.07, 6.45) is 0. The molecule has 0 unspecified atom stereocenters. The molecule has 0 aliphatic carbocycles. The Hall–Kier alpha value is -1.69. The van der Waals surface area contributed by atoms with E-state index in [-0.39, 0.29) is 17.6 Å². The maximum absolute atomic E-state index is 11.7. The van der Waals surface area contributed by atoms with Crippen molar-refractivity contribution >= 4 is 29.3 Å². The fraction of sp³-hybridized carbons (Fsp3) is 0.385. The second-order valence-corrected chi connectivity index (χ2v) is 4.72. The van der Waals surface area contributed by atoms with Gasteiger partial charge in [0.1, 0.15) is 0 Å². The zero-order chi connectivity index (χ0) is 14.3. The van der Waals surface area contributed by atoms with Crippen LogP contribution in [-0.2, 0) is 9.53 Å². The van der Waals surface area contributed by atoms with Gasteiger partial charge in [-0.25, -0.2) is 0 Å².